The van der Waals surface area contributed by atoms with Gasteiger partial charge in [-0.2, -0.15) is 0 Å². The lowest BCUT2D eigenvalue weighted by atomic mass is 10.1. The molecule has 23 heavy (non-hydrogen) atoms. The van der Waals surface area contributed by atoms with Crippen LogP contribution in [0.3, 0.4) is 0 Å². The Kier molecular flexibility index (Phi) is 7.83. The summed E-state index contributed by atoms with van der Waals surface area (Å²) in [5.41, 5.74) is 0.725. The maximum atomic E-state index is 13.5. The predicted molar refractivity (Wildman–Crippen MR) is 91.3 cm³/mol. The van der Waals surface area contributed by atoms with E-state index in [0.29, 0.717) is 13.0 Å². The highest BCUT2D eigenvalue weighted by atomic mass is 19.1. The summed E-state index contributed by atoms with van der Waals surface area (Å²) >= 11 is 0. The fraction of sp³-hybridized carbons (Fsp3) is 0.588. The molecule has 0 spiro atoms. The minimum Gasteiger partial charge on any atom is -0.379 e. The van der Waals surface area contributed by atoms with Crippen LogP contribution >= 0.6 is 0 Å². The van der Waals surface area contributed by atoms with Crippen molar-refractivity contribution in [3.8, 4) is 0 Å². The van der Waals surface area contributed by atoms with Crippen molar-refractivity contribution >= 4 is 5.96 Å². The predicted octanol–water partition coefficient (Wildman–Crippen LogP) is 1.26. The Morgan fingerprint density at radius 3 is 2.70 bits per heavy atom. The molecule has 1 saturated heterocycles. The number of nitrogens with one attached hydrogen (secondary N) is 2. The molecule has 128 valence electrons. The Bertz CT molecular complexity index is 489. The lowest BCUT2D eigenvalue weighted by Gasteiger charge is -2.26. The van der Waals surface area contributed by atoms with Crippen LogP contribution < -0.4 is 10.6 Å². The summed E-state index contributed by atoms with van der Waals surface area (Å²) < 4.78 is 18.9. The van der Waals surface area contributed by atoms with Crippen molar-refractivity contribution in [2.75, 3.05) is 53.0 Å². The maximum Gasteiger partial charge on any atom is 0.190 e. The second kappa shape index (κ2) is 10.2. The smallest absolute Gasteiger partial charge is 0.190 e. The average molecular weight is 322 g/mol. The second-order valence-electron chi connectivity index (χ2n) is 5.57. The van der Waals surface area contributed by atoms with Crippen LogP contribution in [0.25, 0.3) is 0 Å². The fourth-order valence-electron chi connectivity index (χ4n) is 2.57. The van der Waals surface area contributed by atoms with Crippen molar-refractivity contribution in [1.29, 1.82) is 0 Å². The van der Waals surface area contributed by atoms with Gasteiger partial charge in [-0.05, 0) is 31.0 Å². The average Bonchev–Trinajstić information content (AvgIpc) is 2.59. The first kappa shape index (κ1) is 17.7. The summed E-state index contributed by atoms with van der Waals surface area (Å²) in [7, 11) is 1.75. The second-order valence-corrected chi connectivity index (χ2v) is 5.57. The number of halogens is 1. The zero-order chi connectivity index (χ0) is 16.3. The SMILES string of the molecule is CN=C(NCCCN1CCOCC1)NCCc1ccccc1F. The Morgan fingerprint density at radius 2 is 1.96 bits per heavy atom. The van der Waals surface area contributed by atoms with Gasteiger partial charge in [-0.25, -0.2) is 4.39 Å². The molecule has 1 aliphatic rings. The molecule has 2 rings (SSSR count). The van der Waals surface area contributed by atoms with Crippen molar-refractivity contribution in [2.24, 2.45) is 4.99 Å². The lowest BCUT2D eigenvalue weighted by Crippen LogP contribution is -2.41. The molecule has 0 aliphatic carbocycles. The number of guanidine groups is 1. The zero-order valence-electron chi connectivity index (χ0n) is 13.9. The zero-order valence-corrected chi connectivity index (χ0v) is 13.9. The number of hydrogen-bond donors (Lipinski definition) is 2. The highest BCUT2D eigenvalue weighted by Gasteiger charge is 2.09. The molecule has 1 fully saturated rings. The third kappa shape index (κ3) is 6.54. The molecule has 1 aromatic carbocycles. The lowest BCUT2D eigenvalue weighted by molar-refractivity contribution is 0.0376. The minimum absolute atomic E-state index is 0.150. The number of morpholine rings is 1. The van der Waals surface area contributed by atoms with Gasteiger partial charge in [0, 0.05) is 33.2 Å². The normalized spacial score (nSPS) is 16.3. The number of nitrogens with zero attached hydrogens (tertiary/aromatic N) is 2. The molecule has 0 radical (unpaired) electrons. The molecule has 0 atom stereocenters. The van der Waals surface area contributed by atoms with E-state index < -0.39 is 0 Å². The summed E-state index contributed by atoms with van der Waals surface area (Å²) in [5, 5.41) is 6.52. The van der Waals surface area contributed by atoms with Crippen LogP contribution in [0.1, 0.15) is 12.0 Å². The minimum atomic E-state index is -0.150. The fourth-order valence-corrected chi connectivity index (χ4v) is 2.57. The number of aliphatic imine (C=N–C) groups is 1. The first-order valence-electron chi connectivity index (χ1n) is 8.27. The molecule has 1 aliphatic heterocycles. The van der Waals surface area contributed by atoms with Gasteiger partial charge in [-0.15, -0.1) is 0 Å². The van der Waals surface area contributed by atoms with Crippen LogP contribution in [0.5, 0.6) is 0 Å². The summed E-state index contributed by atoms with van der Waals surface area (Å²) in [6, 6.07) is 6.88. The van der Waals surface area contributed by atoms with Crippen molar-refractivity contribution < 1.29 is 9.13 Å². The van der Waals surface area contributed by atoms with E-state index in [2.05, 4.69) is 20.5 Å². The van der Waals surface area contributed by atoms with Crippen molar-refractivity contribution in [3.05, 3.63) is 35.6 Å². The van der Waals surface area contributed by atoms with Gasteiger partial charge in [0.15, 0.2) is 5.96 Å². The Balaban J connectivity index is 1.59. The van der Waals surface area contributed by atoms with Gasteiger partial charge in [-0.1, -0.05) is 18.2 Å². The van der Waals surface area contributed by atoms with Crippen LogP contribution in [-0.2, 0) is 11.2 Å². The van der Waals surface area contributed by atoms with E-state index in [0.717, 1.165) is 57.3 Å². The van der Waals surface area contributed by atoms with Crippen LogP contribution in [0.4, 0.5) is 4.39 Å². The molecule has 0 aromatic heterocycles. The Labute approximate surface area is 137 Å². The van der Waals surface area contributed by atoms with Gasteiger partial charge in [-0.3, -0.25) is 9.89 Å². The molecule has 2 N–H and O–H groups in total. The number of ether oxygens (including phenoxy) is 1. The number of rotatable bonds is 7. The molecule has 5 nitrogen and oxygen atoms in total. The van der Waals surface area contributed by atoms with Gasteiger partial charge in [0.25, 0.3) is 0 Å². The van der Waals surface area contributed by atoms with Gasteiger partial charge in [0.1, 0.15) is 5.82 Å². The first-order chi connectivity index (χ1) is 11.3. The van der Waals surface area contributed by atoms with E-state index in [1.807, 2.05) is 12.1 Å². The highest BCUT2D eigenvalue weighted by molar-refractivity contribution is 5.79. The third-order valence-electron chi connectivity index (χ3n) is 3.92. The molecule has 0 saturated carbocycles. The quantitative estimate of drug-likeness (QED) is 0.451. The molecular weight excluding hydrogens is 295 g/mol. The Hall–Kier alpha value is -1.66. The van der Waals surface area contributed by atoms with Crippen LogP contribution in [0.15, 0.2) is 29.3 Å². The molecule has 1 heterocycles. The molecule has 6 heteroatoms. The van der Waals surface area contributed by atoms with E-state index >= 15 is 0 Å². The van der Waals surface area contributed by atoms with Gasteiger partial charge in [0.2, 0.25) is 0 Å². The summed E-state index contributed by atoms with van der Waals surface area (Å²) in [6.07, 6.45) is 1.70. The standard InChI is InChI=1S/C17H27FN4O/c1-19-17(20-8-4-10-22-11-13-23-14-12-22)21-9-7-15-5-2-3-6-16(15)18/h2-3,5-6H,4,7-14H2,1H3,(H2,19,20,21). The van der Waals surface area contributed by atoms with Crippen LogP contribution in [0, 0.1) is 5.82 Å². The molecule has 1 aromatic rings. The maximum absolute atomic E-state index is 13.5. The monoisotopic (exact) mass is 322 g/mol. The molecule has 0 bridgehead atoms. The summed E-state index contributed by atoms with van der Waals surface area (Å²) in [6.45, 7) is 6.33. The molecule has 0 unspecified atom stereocenters. The van der Waals surface area contributed by atoms with Crippen molar-refractivity contribution in [1.82, 2.24) is 15.5 Å². The number of hydrogen-bond acceptors (Lipinski definition) is 3. The van der Waals surface area contributed by atoms with Crippen LogP contribution in [0.2, 0.25) is 0 Å². The summed E-state index contributed by atoms with van der Waals surface area (Å²) in [4.78, 5) is 6.61. The van der Waals surface area contributed by atoms with Crippen molar-refractivity contribution in [3.63, 3.8) is 0 Å². The first-order valence-corrected chi connectivity index (χ1v) is 8.27. The van der Waals surface area contributed by atoms with Crippen LogP contribution in [-0.4, -0.2) is 63.8 Å². The van der Waals surface area contributed by atoms with Crippen molar-refractivity contribution in [2.45, 2.75) is 12.8 Å². The largest absolute Gasteiger partial charge is 0.379 e. The Morgan fingerprint density at radius 1 is 1.22 bits per heavy atom. The number of benzene rings is 1. The third-order valence-corrected chi connectivity index (χ3v) is 3.92. The highest BCUT2D eigenvalue weighted by Crippen LogP contribution is 2.06. The van der Waals surface area contributed by atoms with E-state index in [4.69, 9.17) is 4.74 Å². The van der Waals surface area contributed by atoms with E-state index in [-0.39, 0.29) is 5.82 Å². The van der Waals surface area contributed by atoms with Gasteiger partial charge >= 0.3 is 0 Å². The summed E-state index contributed by atoms with van der Waals surface area (Å²) in [5.74, 6) is 0.617. The molecular formula is C17H27FN4O. The van der Waals surface area contributed by atoms with Gasteiger partial charge < -0.3 is 15.4 Å². The van der Waals surface area contributed by atoms with E-state index in [9.17, 15) is 4.39 Å². The van der Waals surface area contributed by atoms with Gasteiger partial charge in [0.05, 0.1) is 13.2 Å². The van der Waals surface area contributed by atoms with E-state index in [1.165, 1.54) is 6.07 Å². The topological polar surface area (TPSA) is 48.9 Å². The molecule has 0 amide bonds. The van der Waals surface area contributed by atoms with E-state index in [1.54, 1.807) is 13.1 Å².